The summed E-state index contributed by atoms with van der Waals surface area (Å²) in [4.78, 5) is 1.25. The quantitative estimate of drug-likeness (QED) is 0.629. The standard InChI is InChI=1S/C17H22OSSi/c1-3-20(4-2,17-8-6-5-7-9-17)14-19-16-12-10-15(18)11-13-16/h5-13,18H,3-4,14H2,1-2H3. The fourth-order valence-corrected chi connectivity index (χ4v) is 9.12. The smallest absolute Gasteiger partial charge is 0.115 e. The third-order valence-electron chi connectivity index (χ3n) is 4.09. The minimum atomic E-state index is -1.42. The molecule has 0 spiro atoms. The van der Waals surface area contributed by atoms with E-state index in [9.17, 15) is 5.11 Å². The number of hydrogen-bond acceptors (Lipinski definition) is 2. The van der Waals surface area contributed by atoms with Gasteiger partial charge in [0.05, 0.1) is 8.07 Å². The number of thioether (sulfide) groups is 1. The van der Waals surface area contributed by atoms with Crippen molar-refractivity contribution in [1.82, 2.24) is 0 Å². The van der Waals surface area contributed by atoms with Crippen molar-refractivity contribution in [3.05, 3.63) is 54.6 Å². The molecule has 0 saturated carbocycles. The van der Waals surface area contributed by atoms with E-state index in [0.29, 0.717) is 5.75 Å². The Morgan fingerprint density at radius 3 is 2.05 bits per heavy atom. The molecule has 0 unspecified atom stereocenters. The highest BCUT2D eigenvalue weighted by molar-refractivity contribution is 8.01. The molecule has 2 aromatic rings. The third kappa shape index (κ3) is 3.47. The first-order chi connectivity index (χ1) is 9.70. The van der Waals surface area contributed by atoms with Crippen LogP contribution in [0.4, 0.5) is 0 Å². The first kappa shape index (κ1) is 15.2. The van der Waals surface area contributed by atoms with Gasteiger partial charge in [-0.25, -0.2) is 0 Å². The maximum Gasteiger partial charge on any atom is 0.115 e. The van der Waals surface area contributed by atoms with Crippen molar-refractivity contribution >= 4 is 25.0 Å². The Morgan fingerprint density at radius 2 is 1.50 bits per heavy atom. The van der Waals surface area contributed by atoms with E-state index in [2.05, 4.69) is 44.2 Å². The van der Waals surface area contributed by atoms with Gasteiger partial charge in [-0.1, -0.05) is 61.5 Å². The monoisotopic (exact) mass is 302 g/mol. The molecule has 0 aliphatic rings. The zero-order valence-electron chi connectivity index (χ0n) is 12.2. The summed E-state index contributed by atoms with van der Waals surface area (Å²) in [6.45, 7) is 4.67. The Labute approximate surface area is 127 Å². The van der Waals surface area contributed by atoms with Crippen molar-refractivity contribution in [3.63, 3.8) is 0 Å². The molecule has 0 saturated heterocycles. The molecule has 20 heavy (non-hydrogen) atoms. The molecule has 2 aromatic carbocycles. The van der Waals surface area contributed by atoms with Crippen LogP contribution in [0.25, 0.3) is 0 Å². The Bertz CT molecular complexity index is 520. The summed E-state index contributed by atoms with van der Waals surface area (Å²) in [5.41, 5.74) is 0. The van der Waals surface area contributed by atoms with E-state index in [4.69, 9.17) is 0 Å². The first-order valence-corrected chi connectivity index (χ1v) is 10.8. The summed E-state index contributed by atoms with van der Waals surface area (Å²) in [6, 6.07) is 21.1. The van der Waals surface area contributed by atoms with Crippen LogP contribution in [0.3, 0.4) is 0 Å². The lowest BCUT2D eigenvalue weighted by atomic mass is 10.3. The summed E-state index contributed by atoms with van der Waals surface area (Å²) >= 11 is 1.93. The van der Waals surface area contributed by atoms with Crippen molar-refractivity contribution in [2.24, 2.45) is 0 Å². The second kappa shape index (κ2) is 7.00. The normalized spacial score (nSPS) is 11.5. The second-order valence-electron chi connectivity index (χ2n) is 5.14. The van der Waals surface area contributed by atoms with Gasteiger partial charge in [-0.3, -0.25) is 0 Å². The van der Waals surface area contributed by atoms with Crippen molar-refractivity contribution in [2.75, 3.05) is 5.38 Å². The highest BCUT2D eigenvalue weighted by Crippen LogP contribution is 2.27. The van der Waals surface area contributed by atoms with E-state index < -0.39 is 8.07 Å². The molecular formula is C17H22OSSi. The number of aromatic hydroxyl groups is 1. The molecule has 0 bridgehead atoms. The van der Waals surface area contributed by atoms with E-state index in [-0.39, 0.29) is 0 Å². The lowest BCUT2D eigenvalue weighted by Crippen LogP contribution is -2.49. The number of hydrogen-bond donors (Lipinski definition) is 1. The molecule has 1 N–H and O–H groups in total. The zero-order valence-corrected chi connectivity index (χ0v) is 14.0. The minimum Gasteiger partial charge on any atom is -0.508 e. The van der Waals surface area contributed by atoms with Gasteiger partial charge >= 0.3 is 0 Å². The van der Waals surface area contributed by atoms with Gasteiger partial charge in [0.1, 0.15) is 5.75 Å². The Hall–Kier alpha value is -1.19. The molecule has 0 amide bonds. The molecule has 0 aliphatic heterocycles. The van der Waals surface area contributed by atoms with Gasteiger partial charge in [0.15, 0.2) is 0 Å². The number of phenols is 1. The Kier molecular flexibility index (Phi) is 5.32. The van der Waals surface area contributed by atoms with Crippen molar-refractivity contribution in [1.29, 1.82) is 0 Å². The van der Waals surface area contributed by atoms with E-state index in [1.54, 1.807) is 17.3 Å². The molecule has 2 rings (SSSR count). The van der Waals surface area contributed by atoms with Crippen LogP contribution in [0.15, 0.2) is 59.5 Å². The molecule has 106 valence electrons. The average Bonchev–Trinajstić information content (AvgIpc) is 2.51. The highest BCUT2D eigenvalue weighted by Gasteiger charge is 2.31. The SMILES string of the molecule is CC[Si](CC)(CSc1ccc(O)cc1)c1ccccc1. The van der Waals surface area contributed by atoms with Crippen LogP contribution < -0.4 is 5.19 Å². The lowest BCUT2D eigenvalue weighted by Gasteiger charge is -2.29. The van der Waals surface area contributed by atoms with Crippen LogP contribution >= 0.6 is 11.8 Å². The van der Waals surface area contributed by atoms with Crippen molar-refractivity contribution in [3.8, 4) is 5.75 Å². The zero-order chi connectivity index (χ0) is 14.4. The molecule has 0 fully saturated rings. The van der Waals surface area contributed by atoms with Crippen molar-refractivity contribution < 1.29 is 5.11 Å². The first-order valence-electron chi connectivity index (χ1n) is 7.17. The maximum atomic E-state index is 9.35. The minimum absolute atomic E-state index is 0.340. The third-order valence-corrected chi connectivity index (χ3v) is 11.7. The summed E-state index contributed by atoms with van der Waals surface area (Å²) in [7, 11) is -1.42. The van der Waals surface area contributed by atoms with E-state index in [1.165, 1.54) is 22.4 Å². The maximum absolute atomic E-state index is 9.35. The summed E-state index contributed by atoms with van der Waals surface area (Å²) in [5, 5.41) is 12.1. The Balaban J connectivity index is 2.15. The van der Waals surface area contributed by atoms with E-state index in [1.807, 2.05) is 23.9 Å². The van der Waals surface area contributed by atoms with Gasteiger partial charge < -0.3 is 5.11 Å². The van der Waals surface area contributed by atoms with Crippen LogP contribution in [0, 0.1) is 0 Å². The highest BCUT2D eigenvalue weighted by atomic mass is 32.2. The molecule has 0 heterocycles. The number of rotatable bonds is 6. The molecule has 1 nitrogen and oxygen atoms in total. The van der Waals surface area contributed by atoms with Crippen LogP contribution in [0.2, 0.25) is 12.1 Å². The second-order valence-corrected chi connectivity index (χ2v) is 11.6. The Morgan fingerprint density at radius 1 is 0.900 bits per heavy atom. The van der Waals surface area contributed by atoms with Crippen LogP contribution in [0.5, 0.6) is 5.75 Å². The van der Waals surface area contributed by atoms with Gasteiger partial charge in [-0.05, 0) is 29.6 Å². The van der Waals surface area contributed by atoms with Gasteiger partial charge in [0.2, 0.25) is 0 Å². The van der Waals surface area contributed by atoms with Crippen molar-refractivity contribution in [2.45, 2.75) is 30.8 Å². The van der Waals surface area contributed by atoms with Gasteiger partial charge in [-0.2, -0.15) is 0 Å². The predicted octanol–water partition coefficient (Wildman–Crippen LogP) is 4.42. The summed E-state index contributed by atoms with van der Waals surface area (Å²) in [5.74, 6) is 0.340. The molecule has 0 aliphatic carbocycles. The predicted molar refractivity (Wildman–Crippen MR) is 91.6 cm³/mol. The van der Waals surface area contributed by atoms with Crippen LogP contribution in [-0.2, 0) is 0 Å². The fraction of sp³-hybridized carbons (Fsp3) is 0.294. The molecule has 0 radical (unpaired) electrons. The molecular weight excluding hydrogens is 280 g/mol. The number of phenolic OH excluding ortho intramolecular Hbond substituents is 1. The van der Waals surface area contributed by atoms with E-state index >= 15 is 0 Å². The van der Waals surface area contributed by atoms with Crippen LogP contribution in [-0.4, -0.2) is 18.6 Å². The number of benzene rings is 2. The molecule has 3 heteroatoms. The van der Waals surface area contributed by atoms with Crippen LogP contribution in [0.1, 0.15) is 13.8 Å². The van der Waals surface area contributed by atoms with E-state index in [0.717, 1.165) is 0 Å². The summed E-state index contributed by atoms with van der Waals surface area (Å²) < 4.78 is 0. The fourth-order valence-electron chi connectivity index (χ4n) is 2.50. The topological polar surface area (TPSA) is 20.2 Å². The largest absolute Gasteiger partial charge is 0.508 e. The van der Waals surface area contributed by atoms with Gasteiger partial charge in [0, 0.05) is 4.90 Å². The van der Waals surface area contributed by atoms with Gasteiger partial charge in [0.25, 0.3) is 0 Å². The lowest BCUT2D eigenvalue weighted by molar-refractivity contribution is 0.475. The van der Waals surface area contributed by atoms with Gasteiger partial charge in [-0.15, -0.1) is 11.8 Å². The summed E-state index contributed by atoms with van der Waals surface area (Å²) in [6.07, 6.45) is 0. The average molecular weight is 303 g/mol. The molecule has 0 aromatic heterocycles. The molecule has 0 atom stereocenters.